The number of alkyl halides is 1. The van der Waals surface area contributed by atoms with E-state index < -0.39 is 6.17 Å². The molecule has 1 N–H and O–H groups in total. The van der Waals surface area contributed by atoms with Crippen molar-refractivity contribution < 1.29 is 18.4 Å². The number of benzene rings is 1. The third-order valence-electron chi connectivity index (χ3n) is 5.71. The van der Waals surface area contributed by atoms with E-state index in [0.29, 0.717) is 42.6 Å². The van der Waals surface area contributed by atoms with Crippen molar-refractivity contribution in [3.63, 3.8) is 0 Å². The van der Waals surface area contributed by atoms with Crippen molar-refractivity contribution in [3.05, 3.63) is 54.0 Å². The van der Waals surface area contributed by atoms with Crippen molar-refractivity contribution in [1.29, 1.82) is 0 Å². The maximum Gasteiger partial charge on any atom is 0.253 e. The van der Waals surface area contributed by atoms with Gasteiger partial charge in [-0.2, -0.15) is 0 Å². The molecule has 2 fully saturated rings. The Bertz CT molecular complexity index is 903. The summed E-state index contributed by atoms with van der Waals surface area (Å²) in [5, 5.41) is 2.96. The van der Waals surface area contributed by atoms with E-state index in [1.807, 2.05) is 0 Å². The minimum absolute atomic E-state index is 0.00279. The van der Waals surface area contributed by atoms with Crippen molar-refractivity contribution in [2.45, 2.75) is 37.9 Å². The van der Waals surface area contributed by atoms with E-state index >= 15 is 0 Å². The molecule has 1 saturated carbocycles. The molecule has 5 nitrogen and oxygen atoms in total. The average molecular weight is 399 g/mol. The Morgan fingerprint density at radius 3 is 2.69 bits per heavy atom. The molecule has 2 heterocycles. The number of carbonyl (C=O) groups is 2. The highest BCUT2D eigenvalue weighted by molar-refractivity contribution is 5.94. The Hall–Kier alpha value is -2.83. The number of pyridine rings is 1. The van der Waals surface area contributed by atoms with Crippen LogP contribution in [0.1, 0.15) is 36.0 Å². The second-order valence-electron chi connectivity index (χ2n) is 7.79. The summed E-state index contributed by atoms with van der Waals surface area (Å²) in [6.45, 7) is 0.673. The van der Waals surface area contributed by atoms with Gasteiger partial charge in [-0.3, -0.25) is 14.6 Å². The number of rotatable bonds is 4. The summed E-state index contributed by atoms with van der Waals surface area (Å²) >= 11 is 0. The van der Waals surface area contributed by atoms with Crippen LogP contribution in [0.2, 0.25) is 0 Å². The van der Waals surface area contributed by atoms with Crippen LogP contribution in [-0.4, -0.2) is 47.0 Å². The molecule has 4 rings (SSSR count). The first-order valence-corrected chi connectivity index (χ1v) is 9.95. The Kier molecular flexibility index (Phi) is 5.56. The minimum atomic E-state index is -0.918. The smallest absolute Gasteiger partial charge is 0.253 e. The monoisotopic (exact) mass is 399 g/mol. The van der Waals surface area contributed by atoms with Gasteiger partial charge in [0.15, 0.2) is 0 Å². The lowest BCUT2D eigenvalue weighted by Crippen LogP contribution is -2.36. The van der Waals surface area contributed by atoms with E-state index in [1.165, 1.54) is 18.3 Å². The molecule has 2 aromatic rings. The van der Waals surface area contributed by atoms with Gasteiger partial charge < -0.3 is 10.2 Å². The molecule has 3 atom stereocenters. The summed E-state index contributed by atoms with van der Waals surface area (Å²) in [5.41, 5.74) is 1.65. The van der Waals surface area contributed by atoms with Gasteiger partial charge in [0.1, 0.15) is 12.0 Å². The maximum absolute atomic E-state index is 13.4. The third kappa shape index (κ3) is 4.44. The molecular formula is C22H23F2N3O2. The summed E-state index contributed by atoms with van der Waals surface area (Å²) in [4.78, 5) is 30.9. The molecule has 152 valence electrons. The normalized spacial score (nSPS) is 23.9. The van der Waals surface area contributed by atoms with Crippen molar-refractivity contribution in [3.8, 4) is 11.3 Å². The second kappa shape index (κ2) is 8.27. The van der Waals surface area contributed by atoms with Crippen molar-refractivity contribution in [1.82, 2.24) is 15.2 Å². The van der Waals surface area contributed by atoms with Crippen LogP contribution >= 0.6 is 0 Å². The largest absolute Gasteiger partial charge is 0.349 e. The van der Waals surface area contributed by atoms with Gasteiger partial charge in [-0.25, -0.2) is 8.78 Å². The molecule has 0 unspecified atom stereocenters. The SMILES string of the molecule is O=C(N[C@H]1CC[C@@H](C(=O)N2CC[C@H](F)C2)C1)c1ccc(-c2cccc(F)c2)nc1. The first kappa shape index (κ1) is 19.5. The van der Waals surface area contributed by atoms with E-state index in [-0.39, 0.29) is 36.1 Å². The number of hydrogen-bond donors (Lipinski definition) is 1. The van der Waals surface area contributed by atoms with Crippen LogP contribution in [0.15, 0.2) is 42.6 Å². The standard InChI is InChI=1S/C22H23F2N3O2/c23-17-3-1-2-14(10-17)20-7-5-16(12-25-20)21(28)26-19-6-4-15(11-19)22(29)27-9-8-18(24)13-27/h1-3,5,7,10,12,15,18-19H,4,6,8-9,11,13H2,(H,26,28)/t15-,18+,19+/m1/s1. The zero-order valence-corrected chi connectivity index (χ0v) is 16.0. The maximum atomic E-state index is 13.4. The van der Waals surface area contributed by atoms with Crippen LogP contribution in [0.25, 0.3) is 11.3 Å². The highest BCUT2D eigenvalue weighted by Gasteiger charge is 2.36. The van der Waals surface area contributed by atoms with Crippen molar-refractivity contribution >= 4 is 11.8 Å². The number of nitrogens with one attached hydrogen (secondary N) is 1. The lowest BCUT2D eigenvalue weighted by atomic mass is 10.1. The molecule has 0 spiro atoms. The highest BCUT2D eigenvalue weighted by Crippen LogP contribution is 2.29. The fourth-order valence-electron chi connectivity index (χ4n) is 4.13. The number of aromatic nitrogens is 1. The Morgan fingerprint density at radius 2 is 2.00 bits per heavy atom. The number of halogens is 2. The summed E-state index contributed by atoms with van der Waals surface area (Å²) in [7, 11) is 0. The predicted molar refractivity (Wildman–Crippen MR) is 104 cm³/mol. The predicted octanol–water partition coefficient (Wildman–Crippen LogP) is 3.36. The molecule has 1 aliphatic heterocycles. The van der Waals surface area contributed by atoms with Crippen LogP contribution in [-0.2, 0) is 4.79 Å². The molecule has 1 saturated heterocycles. The third-order valence-corrected chi connectivity index (χ3v) is 5.71. The number of likely N-dealkylation sites (tertiary alicyclic amines) is 1. The van der Waals surface area contributed by atoms with Crippen LogP contribution in [0.5, 0.6) is 0 Å². The molecular weight excluding hydrogens is 376 g/mol. The molecule has 2 amide bonds. The van der Waals surface area contributed by atoms with Crippen LogP contribution in [0.3, 0.4) is 0 Å². The van der Waals surface area contributed by atoms with E-state index in [4.69, 9.17) is 0 Å². The van der Waals surface area contributed by atoms with Crippen molar-refractivity contribution in [2.24, 2.45) is 5.92 Å². The second-order valence-corrected chi connectivity index (χ2v) is 7.79. The van der Waals surface area contributed by atoms with Gasteiger partial charge in [0.05, 0.1) is 17.8 Å². The topological polar surface area (TPSA) is 62.3 Å². The Morgan fingerprint density at radius 1 is 1.14 bits per heavy atom. The average Bonchev–Trinajstić information content (AvgIpc) is 3.37. The van der Waals surface area contributed by atoms with Crippen LogP contribution in [0.4, 0.5) is 8.78 Å². The molecule has 0 radical (unpaired) electrons. The van der Waals surface area contributed by atoms with Gasteiger partial charge >= 0.3 is 0 Å². The van der Waals surface area contributed by atoms with Gasteiger partial charge in [-0.1, -0.05) is 12.1 Å². The first-order chi connectivity index (χ1) is 14.0. The molecule has 2 aliphatic rings. The molecule has 29 heavy (non-hydrogen) atoms. The summed E-state index contributed by atoms with van der Waals surface area (Å²) in [6.07, 6.45) is 2.97. The number of nitrogens with zero attached hydrogens (tertiary/aromatic N) is 2. The molecule has 1 aromatic heterocycles. The zero-order valence-electron chi connectivity index (χ0n) is 16.0. The van der Waals surface area contributed by atoms with E-state index in [1.54, 1.807) is 29.2 Å². The summed E-state index contributed by atoms with van der Waals surface area (Å²) < 4.78 is 26.7. The lowest BCUT2D eigenvalue weighted by molar-refractivity contribution is -0.134. The summed E-state index contributed by atoms with van der Waals surface area (Å²) in [6, 6.07) is 9.39. The molecule has 1 aliphatic carbocycles. The highest BCUT2D eigenvalue weighted by atomic mass is 19.1. The van der Waals surface area contributed by atoms with Crippen molar-refractivity contribution in [2.75, 3.05) is 13.1 Å². The number of amides is 2. The fourth-order valence-corrected chi connectivity index (χ4v) is 4.13. The first-order valence-electron chi connectivity index (χ1n) is 9.95. The van der Waals surface area contributed by atoms with E-state index in [2.05, 4.69) is 10.3 Å². The van der Waals surface area contributed by atoms with Crippen LogP contribution < -0.4 is 5.32 Å². The zero-order chi connectivity index (χ0) is 20.4. The van der Waals surface area contributed by atoms with E-state index in [0.717, 1.165) is 6.42 Å². The number of carbonyl (C=O) groups excluding carboxylic acids is 2. The van der Waals surface area contributed by atoms with E-state index in [9.17, 15) is 18.4 Å². The van der Waals surface area contributed by atoms with Gasteiger partial charge in [-0.15, -0.1) is 0 Å². The fraction of sp³-hybridized carbons (Fsp3) is 0.409. The molecule has 0 bridgehead atoms. The summed E-state index contributed by atoms with van der Waals surface area (Å²) in [5.74, 6) is -0.735. The van der Waals surface area contributed by atoms with Gasteiger partial charge in [0.2, 0.25) is 5.91 Å². The Labute approximate surface area is 168 Å². The molecule has 1 aromatic carbocycles. The Balaban J connectivity index is 1.33. The van der Waals surface area contributed by atoms with Gasteiger partial charge in [0.25, 0.3) is 5.91 Å². The van der Waals surface area contributed by atoms with Crippen LogP contribution in [0, 0.1) is 11.7 Å². The molecule has 7 heteroatoms. The van der Waals surface area contributed by atoms with Gasteiger partial charge in [0, 0.05) is 30.3 Å². The van der Waals surface area contributed by atoms with Gasteiger partial charge in [-0.05, 0) is 49.9 Å². The minimum Gasteiger partial charge on any atom is -0.349 e. The quantitative estimate of drug-likeness (QED) is 0.858. The number of hydrogen-bond acceptors (Lipinski definition) is 3. The lowest BCUT2D eigenvalue weighted by Gasteiger charge is -2.20.